The molecular formula is C19H21BrN2O4. The molecule has 0 spiro atoms. The van der Waals surface area contributed by atoms with Gasteiger partial charge in [-0.3, -0.25) is 4.79 Å². The zero-order chi connectivity index (χ0) is 19.1. The Balaban J connectivity index is 1.97. The molecule has 0 aromatic heterocycles. The van der Waals surface area contributed by atoms with Crippen molar-refractivity contribution in [3.05, 3.63) is 51.5 Å². The van der Waals surface area contributed by atoms with E-state index in [9.17, 15) is 9.90 Å². The topological polar surface area (TPSA) is 80.2 Å². The standard InChI is InChI=1S/C19H21BrN2O4/c1-4-25-16-9-15(20)8-14(18(16)24)10-21-22-17(23)11-26-19-12(2)6-5-7-13(19)3/h5-10,24H,4,11H2,1-3H3,(H,22,23)/b21-10+. The molecule has 0 radical (unpaired) electrons. The van der Waals surface area contributed by atoms with Crippen LogP contribution in [0.15, 0.2) is 39.9 Å². The van der Waals surface area contributed by atoms with Crippen LogP contribution in [-0.2, 0) is 4.79 Å². The average molecular weight is 421 g/mol. The molecule has 2 N–H and O–H groups in total. The number of ether oxygens (including phenoxy) is 2. The van der Waals surface area contributed by atoms with Crippen molar-refractivity contribution in [2.24, 2.45) is 5.10 Å². The molecule has 2 aromatic rings. The van der Waals surface area contributed by atoms with Gasteiger partial charge in [-0.1, -0.05) is 34.1 Å². The molecule has 0 heterocycles. The number of halogens is 1. The highest BCUT2D eigenvalue weighted by atomic mass is 79.9. The van der Waals surface area contributed by atoms with Crippen LogP contribution in [0, 0.1) is 13.8 Å². The van der Waals surface area contributed by atoms with Crippen LogP contribution < -0.4 is 14.9 Å². The molecule has 0 aliphatic rings. The molecule has 0 unspecified atom stereocenters. The quantitative estimate of drug-likeness (QED) is 0.528. The number of aryl methyl sites for hydroxylation is 2. The van der Waals surface area contributed by atoms with E-state index in [1.165, 1.54) is 6.21 Å². The van der Waals surface area contributed by atoms with Crippen molar-refractivity contribution in [2.45, 2.75) is 20.8 Å². The van der Waals surface area contributed by atoms with E-state index in [0.717, 1.165) is 15.6 Å². The third-order valence-corrected chi connectivity index (χ3v) is 3.98. The minimum absolute atomic E-state index is 0.0418. The molecule has 138 valence electrons. The highest BCUT2D eigenvalue weighted by molar-refractivity contribution is 9.10. The van der Waals surface area contributed by atoms with Gasteiger partial charge in [-0.25, -0.2) is 5.43 Å². The molecule has 7 heteroatoms. The van der Waals surface area contributed by atoms with Crippen molar-refractivity contribution in [3.8, 4) is 17.2 Å². The van der Waals surface area contributed by atoms with Gasteiger partial charge < -0.3 is 14.6 Å². The second kappa shape index (κ2) is 9.24. The zero-order valence-corrected chi connectivity index (χ0v) is 16.5. The minimum Gasteiger partial charge on any atom is -0.504 e. The van der Waals surface area contributed by atoms with Gasteiger partial charge in [0.2, 0.25) is 0 Å². The first-order chi connectivity index (χ1) is 12.4. The van der Waals surface area contributed by atoms with Gasteiger partial charge in [-0.2, -0.15) is 5.10 Å². The Hall–Kier alpha value is -2.54. The number of hydrogen-bond donors (Lipinski definition) is 2. The third kappa shape index (κ3) is 5.23. The number of rotatable bonds is 7. The fourth-order valence-electron chi connectivity index (χ4n) is 2.33. The third-order valence-electron chi connectivity index (χ3n) is 3.52. The van der Waals surface area contributed by atoms with Gasteiger partial charge in [0.1, 0.15) is 5.75 Å². The Kier molecular flexibility index (Phi) is 7.03. The molecular weight excluding hydrogens is 400 g/mol. The number of phenolic OH excluding ortho intramolecular Hbond substituents is 1. The number of hydrazone groups is 1. The zero-order valence-electron chi connectivity index (χ0n) is 14.9. The highest BCUT2D eigenvalue weighted by Gasteiger charge is 2.10. The summed E-state index contributed by atoms with van der Waals surface area (Å²) in [6.45, 7) is 5.93. The molecule has 6 nitrogen and oxygen atoms in total. The van der Waals surface area contributed by atoms with Gasteiger partial charge in [-0.05, 0) is 44.0 Å². The normalized spacial score (nSPS) is 10.8. The second-order valence-corrected chi connectivity index (χ2v) is 6.49. The number of carbonyl (C=O) groups is 1. The van der Waals surface area contributed by atoms with Crippen LogP contribution in [0.5, 0.6) is 17.2 Å². The van der Waals surface area contributed by atoms with E-state index >= 15 is 0 Å². The lowest BCUT2D eigenvalue weighted by atomic mass is 10.1. The van der Waals surface area contributed by atoms with Gasteiger partial charge >= 0.3 is 0 Å². The van der Waals surface area contributed by atoms with Crippen molar-refractivity contribution in [1.82, 2.24) is 5.43 Å². The second-order valence-electron chi connectivity index (χ2n) is 5.58. The number of phenols is 1. The van der Waals surface area contributed by atoms with E-state index in [4.69, 9.17) is 9.47 Å². The molecule has 0 atom stereocenters. The molecule has 1 amide bonds. The van der Waals surface area contributed by atoms with Crippen molar-refractivity contribution >= 4 is 28.1 Å². The first-order valence-electron chi connectivity index (χ1n) is 8.08. The molecule has 2 rings (SSSR count). The number of nitrogens with zero attached hydrogens (tertiary/aromatic N) is 1. The minimum atomic E-state index is -0.400. The number of nitrogens with one attached hydrogen (secondary N) is 1. The lowest BCUT2D eigenvalue weighted by Crippen LogP contribution is -2.25. The summed E-state index contributed by atoms with van der Waals surface area (Å²) in [5, 5.41) is 14.0. The largest absolute Gasteiger partial charge is 0.504 e. The highest BCUT2D eigenvalue weighted by Crippen LogP contribution is 2.32. The SMILES string of the molecule is CCOc1cc(Br)cc(/C=N/NC(=O)COc2c(C)cccc2C)c1O. The maximum Gasteiger partial charge on any atom is 0.277 e. The van der Waals surface area contributed by atoms with E-state index < -0.39 is 5.91 Å². The smallest absolute Gasteiger partial charge is 0.277 e. The van der Waals surface area contributed by atoms with Crippen molar-refractivity contribution < 1.29 is 19.4 Å². The molecule has 0 aliphatic heterocycles. The molecule has 0 fully saturated rings. The molecule has 0 bridgehead atoms. The summed E-state index contributed by atoms with van der Waals surface area (Å²) in [4.78, 5) is 11.9. The monoisotopic (exact) mass is 420 g/mol. The first kappa shape index (κ1) is 19.8. The Labute approximate surface area is 161 Å². The average Bonchev–Trinajstić information content (AvgIpc) is 2.58. The number of carbonyl (C=O) groups excluding carboxylic acids is 1. The maximum absolute atomic E-state index is 11.9. The predicted octanol–water partition coefficient (Wildman–Crippen LogP) is 3.70. The lowest BCUT2D eigenvalue weighted by Gasteiger charge is -2.11. The van der Waals surface area contributed by atoms with E-state index in [1.807, 2.05) is 39.0 Å². The Morgan fingerprint density at radius 3 is 2.62 bits per heavy atom. The molecule has 0 saturated heterocycles. The van der Waals surface area contributed by atoms with Gasteiger partial charge in [0, 0.05) is 10.0 Å². The molecule has 26 heavy (non-hydrogen) atoms. The van der Waals surface area contributed by atoms with Gasteiger partial charge in [-0.15, -0.1) is 0 Å². The number of amides is 1. The van der Waals surface area contributed by atoms with Gasteiger partial charge in [0.05, 0.1) is 12.8 Å². The van der Waals surface area contributed by atoms with Crippen LogP contribution in [0.4, 0.5) is 0 Å². The fourth-order valence-corrected chi connectivity index (χ4v) is 2.78. The Morgan fingerprint density at radius 1 is 1.27 bits per heavy atom. The number of benzene rings is 2. The van der Waals surface area contributed by atoms with Crippen LogP contribution in [0.1, 0.15) is 23.6 Å². The van der Waals surface area contributed by atoms with E-state index in [1.54, 1.807) is 12.1 Å². The number of aromatic hydroxyl groups is 1. The first-order valence-corrected chi connectivity index (χ1v) is 8.88. The van der Waals surface area contributed by atoms with E-state index in [2.05, 4.69) is 26.5 Å². The molecule has 0 aliphatic carbocycles. The Morgan fingerprint density at radius 2 is 1.96 bits per heavy atom. The van der Waals surface area contributed by atoms with Crippen molar-refractivity contribution in [2.75, 3.05) is 13.2 Å². The predicted molar refractivity (Wildman–Crippen MR) is 104 cm³/mol. The Bertz CT molecular complexity index is 801. The molecule has 0 saturated carbocycles. The van der Waals surface area contributed by atoms with Crippen LogP contribution in [-0.4, -0.2) is 30.4 Å². The van der Waals surface area contributed by atoms with Crippen LogP contribution in [0.2, 0.25) is 0 Å². The number of hydrogen-bond acceptors (Lipinski definition) is 5. The summed E-state index contributed by atoms with van der Waals surface area (Å²) in [7, 11) is 0. The van der Waals surface area contributed by atoms with Gasteiger partial charge in [0.15, 0.2) is 18.1 Å². The summed E-state index contributed by atoms with van der Waals surface area (Å²) >= 11 is 3.34. The van der Waals surface area contributed by atoms with Crippen molar-refractivity contribution in [1.29, 1.82) is 0 Å². The van der Waals surface area contributed by atoms with Crippen molar-refractivity contribution in [3.63, 3.8) is 0 Å². The fraction of sp³-hybridized carbons (Fsp3) is 0.263. The van der Waals surface area contributed by atoms with Crippen LogP contribution in [0.25, 0.3) is 0 Å². The summed E-state index contributed by atoms with van der Waals surface area (Å²) < 4.78 is 11.6. The van der Waals surface area contributed by atoms with Crippen LogP contribution >= 0.6 is 15.9 Å². The van der Waals surface area contributed by atoms with Crippen LogP contribution in [0.3, 0.4) is 0 Å². The summed E-state index contributed by atoms with van der Waals surface area (Å²) in [6.07, 6.45) is 1.35. The summed E-state index contributed by atoms with van der Waals surface area (Å²) in [5.74, 6) is 0.592. The van der Waals surface area contributed by atoms with Gasteiger partial charge in [0.25, 0.3) is 5.91 Å². The summed E-state index contributed by atoms with van der Waals surface area (Å²) in [5.41, 5.74) is 4.72. The number of para-hydroxylation sites is 1. The maximum atomic E-state index is 11.9. The van der Waals surface area contributed by atoms with E-state index in [0.29, 0.717) is 23.7 Å². The molecule has 2 aromatic carbocycles. The summed E-state index contributed by atoms with van der Waals surface area (Å²) in [6, 6.07) is 9.10. The van der Waals surface area contributed by atoms with E-state index in [-0.39, 0.29) is 12.4 Å². The lowest BCUT2D eigenvalue weighted by molar-refractivity contribution is -0.123.